The summed E-state index contributed by atoms with van der Waals surface area (Å²) in [7, 11) is 0. The minimum absolute atomic E-state index is 0.162. The van der Waals surface area contributed by atoms with Gasteiger partial charge in [-0.3, -0.25) is 9.98 Å². The lowest BCUT2D eigenvalue weighted by Gasteiger charge is -2.25. The number of hydrogen-bond acceptors (Lipinski definition) is 5. The van der Waals surface area contributed by atoms with Crippen molar-refractivity contribution in [2.45, 2.75) is 24.9 Å². The molecule has 218 valence electrons. The lowest BCUT2D eigenvalue weighted by atomic mass is 9.87. The first-order valence-electron chi connectivity index (χ1n) is 15.0. The third kappa shape index (κ3) is 4.88. The molecule has 0 saturated carbocycles. The standard InChI is InChI=1S/C38H29N5O2/c1-23(42-37(25-12-6-3-7-13-25)43-36(39)24-10-4-2-5-11-24)35-34-29-18-16-27(21-33(29)45-38(34)41-22-40-35)26-17-19-32-30(20-26)28-14-8-9-15-31(28)44-32/h2-23,34-35H,1H3,(H2,39,42,43). The Morgan fingerprint density at radius 3 is 2.27 bits per heavy atom. The Bertz CT molecular complexity index is 2180. The molecule has 3 atom stereocenters. The maximum atomic E-state index is 6.45. The number of fused-ring (bicyclic) bond motifs is 6. The first kappa shape index (κ1) is 26.8. The fourth-order valence-corrected chi connectivity index (χ4v) is 6.18. The van der Waals surface area contributed by atoms with Crippen LogP contribution in [0.2, 0.25) is 0 Å². The molecule has 0 bridgehead atoms. The number of hydrogen-bond donors (Lipinski definition) is 1. The van der Waals surface area contributed by atoms with Crippen LogP contribution >= 0.6 is 0 Å². The van der Waals surface area contributed by atoms with Crippen LogP contribution in [0.4, 0.5) is 0 Å². The molecule has 0 amide bonds. The van der Waals surface area contributed by atoms with Gasteiger partial charge in [0.25, 0.3) is 0 Å². The second-order valence-electron chi connectivity index (χ2n) is 11.3. The molecular weight excluding hydrogens is 558 g/mol. The molecule has 2 aliphatic rings. The highest BCUT2D eigenvalue weighted by Gasteiger charge is 2.41. The molecule has 0 fully saturated rings. The summed E-state index contributed by atoms with van der Waals surface area (Å²) >= 11 is 0. The van der Waals surface area contributed by atoms with Gasteiger partial charge in [-0.25, -0.2) is 9.98 Å². The summed E-state index contributed by atoms with van der Waals surface area (Å²) in [5, 5.41) is 2.19. The zero-order chi connectivity index (χ0) is 30.3. The summed E-state index contributed by atoms with van der Waals surface area (Å²) in [5.74, 6) is 2.22. The maximum absolute atomic E-state index is 6.45. The van der Waals surface area contributed by atoms with E-state index in [1.807, 2.05) is 84.9 Å². The van der Waals surface area contributed by atoms with Crippen molar-refractivity contribution in [1.82, 2.24) is 0 Å². The normalized spacial score (nSPS) is 18.4. The van der Waals surface area contributed by atoms with Crippen LogP contribution in [0.3, 0.4) is 0 Å². The molecule has 7 heteroatoms. The predicted octanol–water partition coefficient (Wildman–Crippen LogP) is 7.78. The summed E-state index contributed by atoms with van der Waals surface area (Å²) in [6.45, 7) is 2.05. The largest absolute Gasteiger partial charge is 0.456 e. The van der Waals surface area contributed by atoms with E-state index in [-0.39, 0.29) is 18.0 Å². The van der Waals surface area contributed by atoms with Crippen molar-refractivity contribution in [3.63, 3.8) is 0 Å². The topological polar surface area (TPSA) is 97.8 Å². The molecule has 7 nitrogen and oxygen atoms in total. The number of benzene rings is 5. The second kappa shape index (κ2) is 11.0. The van der Waals surface area contributed by atoms with Crippen molar-refractivity contribution in [3.05, 3.63) is 138 Å². The van der Waals surface area contributed by atoms with Crippen molar-refractivity contribution in [3.8, 4) is 16.9 Å². The Morgan fingerprint density at radius 2 is 1.44 bits per heavy atom. The van der Waals surface area contributed by atoms with E-state index < -0.39 is 0 Å². The number of aliphatic imine (C=N–C) groups is 4. The van der Waals surface area contributed by atoms with Crippen LogP contribution in [0.15, 0.2) is 146 Å². The maximum Gasteiger partial charge on any atom is 0.206 e. The smallest absolute Gasteiger partial charge is 0.206 e. The van der Waals surface area contributed by atoms with E-state index in [1.165, 1.54) is 0 Å². The molecule has 2 aliphatic heterocycles. The minimum Gasteiger partial charge on any atom is -0.456 e. The van der Waals surface area contributed by atoms with E-state index >= 15 is 0 Å². The van der Waals surface area contributed by atoms with Crippen molar-refractivity contribution in [2.24, 2.45) is 25.7 Å². The zero-order valence-corrected chi connectivity index (χ0v) is 24.5. The number of amidine groups is 2. The average Bonchev–Trinajstić information content (AvgIpc) is 3.66. The van der Waals surface area contributed by atoms with Crippen molar-refractivity contribution >= 4 is 45.8 Å². The monoisotopic (exact) mass is 587 g/mol. The van der Waals surface area contributed by atoms with Crippen molar-refractivity contribution in [1.29, 1.82) is 0 Å². The molecule has 0 saturated heterocycles. The number of furan rings is 1. The summed E-state index contributed by atoms with van der Waals surface area (Å²) in [6.07, 6.45) is 1.58. The molecule has 5 aromatic carbocycles. The molecule has 3 unspecified atom stereocenters. The van der Waals surface area contributed by atoms with Gasteiger partial charge in [0.1, 0.15) is 29.1 Å². The molecule has 45 heavy (non-hydrogen) atoms. The number of nitrogens with zero attached hydrogens (tertiary/aromatic N) is 4. The van der Waals surface area contributed by atoms with E-state index in [4.69, 9.17) is 29.9 Å². The molecule has 0 spiro atoms. The van der Waals surface area contributed by atoms with Crippen molar-refractivity contribution < 1.29 is 9.15 Å². The van der Waals surface area contributed by atoms with E-state index in [9.17, 15) is 0 Å². The quantitative estimate of drug-likeness (QED) is 0.165. The number of nitrogens with two attached hydrogens (primary N) is 1. The molecule has 3 heterocycles. The van der Waals surface area contributed by atoms with Gasteiger partial charge in [-0.05, 0) is 42.3 Å². The van der Waals surface area contributed by atoms with Crippen LogP contribution in [0, 0.1) is 0 Å². The molecule has 1 aromatic heterocycles. The molecule has 8 rings (SSSR count). The Kier molecular flexibility index (Phi) is 6.56. The third-order valence-electron chi connectivity index (χ3n) is 8.45. The lowest BCUT2D eigenvalue weighted by Crippen LogP contribution is -2.34. The molecule has 0 aliphatic carbocycles. The summed E-state index contributed by atoms with van der Waals surface area (Å²) < 4.78 is 12.4. The number of ether oxygens (including phenoxy) is 1. The van der Waals surface area contributed by atoms with Gasteiger partial charge in [0.2, 0.25) is 5.90 Å². The summed E-state index contributed by atoms with van der Waals surface area (Å²) in [5.41, 5.74) is 13.1. The zero-order valence-electron chi connectivity index (χ0n) is 24.5. The van der Waals surface area contributed by atoms with Gasteiger partial charge in [-0.15, -0.1) is 0 Å². The molecule has 2 N–H and O–H groups in total. The average molecular weight is 588 g/mol. The highest BCUT2D eigenvalue weighted by Crippen LogP contribution is 2.43. The minimum atomic E-state index is -0.245. The fourth-order valence-electron chi connectivity index (χ4n) is 6.18. The van der Waals surface area contributed by atoms with Crippen LogP contribution in [-0.4, -0.2) is 36.0 Å². The van der Waals surface area contributed by atoms with Gasteiger partial charge >= 0.3 is 0 Å². The van der Waals surface area contributed by atoms with Crippen LogP contribution in [0.25, 0.3) is 33.1 Å². The van der Waals surface area contributed by atoms with Gasteiger partial charge < -0.3 is 14.9 Å². The fraction of sp³-hybridized carbons (Fsp3) is 0.105. The van der Waals surface area contributed by atoms with Crippen LogP contribution in [0.1, 0.15) is 29.5 Å². The highest BCUT2D eigenvalue weighted by atomic mass is 16.5. The molecule has 0 radical (unpaired) electrons. The second-order valence-corrected chi connectivity index (χ2v) is 11.3. The Balaban J connectivity index is 1.13. The van der Waals surface area contributed by atoms with E-state index in [2.05, 4.69) is 48.3 Å². The van der Waals surface area contributed by atoms with Gasteiger partial charge in [0.15, 0.2) is 5.84 Å². The van der Waals surface area contributed by atoms with Crippen LogP contribution in [-0.2, 0) is 0 Å². The molecule has 6 aromatic rings. The number of para-hydroxylation sites is 1. The lowest BCUT2D eigenvalue weighted by molar-refractivity contribution is 0.500. The molecular formula is C38H29N5O2. The van der Waals surface area contributed by atoms with Gasteiger partial charge in [0, 0.05) is 27.5 Å². The summed E-state index contributed by atoms with van der Waals surface area (Å²) in [6, 6.07) is 39.9. The van der Waals surface area contributed by atoms with Gasteiger partial charge in [0.05, 0.1) is 18.0 Å². The third-order valence-corrected chi connectivity index (χ3v) is 8.45. The van der Waals surface area contributed by atoms with Gasteiger partial charge in [-0.1, -0.05) is 97.1 Å². The van der Waals surface area contributed by atoms with Crippen LogP contribution < -0.4 is 10.5 Å². The van der Waals surface area contributed by atoms with E-state index in [1.54, 1.807) is 6.34 Å². The highest BCUT2D eigenvalue weighted by molar-refractivity contribution is 6.11. The summed E-state index contributed by atoms with van der Waals surface area (Å²) in [4.78, 5) is 19.2. The van der Waals surface area contributed by atoms with E-state index in [0.29, 0.717) is 17.6 Å². The first-order valence-corrected chi connectivity index (χ1v) is 15.0. The van der Waals surface area contributed by atoms with E-state index in [0.717, 1.165) is 55.5 Å². The van der Waals surface area contributed by atoms with Gasteiger partial charge in [-0.2, -0.15) is 0 Å². The number of rotatable bonds is 5. The first-order chi connectivity index (χ1) is 22.1. The Hall–Kier alpha value is -5.82. The SMILES string of the molecule is CC(N=C(N=C(N)c1ccccc1)c1ccccc1)C1N=CN=C2Oc3cc(-c4ccc5oc6ccccc6c5c4)ccc3C21. The Morgan fingerprint density at radius 1 is 0.756 bits per heavy atom. The van der Waals surface area contributed by atoms with Crippen LogP contribution in [0.5, 0.6) is 5.75 Å². The predicted molar refractivity (Wildman–Crippen MR) is 182 cm³/mol. The Labute approximate surface area is 260 Å². The van der Waals surface area contributed by atoms with Crippen molar-refractivity contribution in [2.75, 3.05) is 0 Å².